The van der Waals surface area contributed by atoms with Gasteiger partial charge in [0.2, 0.25) is 29.4 Å². The van der Waals surface area contributed by atoms with Crippen molar-refractivity contribution in [2.75, 3.05) is 13.6 Å². The Morgan fingerprint density at radius 2 is 1.80 bits per heavy atom. The summed E-state index contributed by atoms with van der Waals surface area (Å²) in [4.78, 5) is 44.6. The maximum absolute atomic E-state index is 12.5. The first-order chi connectivity index (χ1) is 14.4. The molecule has 1 aliphatic heterocycles. The molecule has 30 heavy (non-hydrogen) atoms. The Morgan fingerprint density at radius 3 is 2.43 bits per heavy atom. The Bertz CT molecular complexity index is 934. The molecule has 2 fully saturated rings. The van der Waals surface area contributed by atoms with Crippen molar-refractivity contribution in [3.63, 3.8) is 0 Å². The first-order valence-electron chi connectivity index (χ1n) is 10.1. The molecule has 2 atom stereocenters. The van der Waals surface area contributed by atoms with Gasteiger partial charge in [-0.05, 0) is 37.1 Å². The quantitative estimate of drug-likeness (QED) is 0.653. The first-order valence-corrected chi connectivity index (χ1v) is 10.5. The molecular formula is C21H23ClN4O4. The van der Waals surface area contributed by atoms with Gasteiger partial charge in [0, 0.05) is 30.6 Å². The molecule has 9 heteroatoms. The van der Waals surface area contributed by atoms with Gasteiger partial charge in [0.25, 0.3) is 0 Å². The van der Waals surface area contributed by atoms with Crippen molar-refractivity contribution in [3.8, 4) is 11.4 Å². The fraction of sp³-hybridized carbons (Fsp3) is 0.476. The Kier molecular flexibility index (Phi) is 5.85. The van der Waals surface area contributed by atoms with Crippen LogP contribution in [0.5, 0.6) is 0 Å². The molecule has 4 rings (SSSR count). The third-order valence-corrected chi connectivity index (χ3v) is 6.10. The standard InChI is InChI=1S/C21H23ClN4O4/c1-25(12-17-23-19(24-30-17)13-6-8-14(22)9-7-13)18(27)10-11-26-20(28)15-4-2-3-5-16(15)21(26)29/h6-9,15-16H,2-5,10-12H2,1H3/t15-,16+. The summed E-state index contributed by atoms with van der Waals surface area (Å²) in [6, 6.07) is 7.04. The second kappa shape index (κ2) is 8.55. The minimum Gasteiger partial charge on any atom is -0.337 e. The minimum absolute atomic E-state index is 0.0750. The number of nitrogens with zero attached hydrogens (tertiary/aromatic N) is 4. The number of halogens is 1. The van der Waals surface area contributed by atoms with Crippen LogP contribution in [0, 0.1) is 11.8 Å². The molecular weight excluding hydrogens is 408 g/mol. The summed E-state index contributed by atoms with van der Waals surface area (Å²) >= 11 is 5.88. The molecule has 1 saturated carbocycles. The highest BCUT2D eigenvalue weighted by Crippen LogP contribution is 2.38. The number of hydrogen-bond acceptors (Lipinski definition) is 6. The van der Waals surface area contributed by atoms with E-state index in [1.54, 1.807) is 31.3 Å². The Hall–Kier alpha value is -2.74. The number of carbonyl (C=O) groups excluding carboxylic acids is 3. The maximum Gasteiger partial charge on any atom is 0.246 e. The molecule has 3 amide bonds. The van der Waals surface area contributed by atoms with E-state index in [2.05, 4.69) is 10.1 Å². The van der Waals surface area contributed by atoms with E-state index in [4.69, 9.17) is 16.1 Å². The Morgan fingerprint density at radius 1 is 1.17 bits per heavy atom. The van der Waals surface area contributed by atoms with Gasteiger partial charge in [0.1, 0.15) is 0 Å². The lowest BCUT2D eigenvalue weighted by Crippen LogP contribution is -2.36. The molecule has 158 valence electrons. The molecule has 0 spiro atoms. The molecule has 1 saturated heterocycles. The van der Waals surface area contributed by atoms with Gasteiger partial charge in [-0.1, -0.05) is 29.6 Å². The van der Waals surface area contributed by atoms with Gasteiger partial charge in [-0.15, -0.1) is 0 Å². The molecule has 1 aromatic heterocycles. The number of carbonyl (C=O) groups is 3. The minimum atomic E-state index is -0.197. The average Bonchev–Trinajstić information content (AvgIpc) is 3.30. The van der Waals surface area contributed by atoms with E-state index < -0.39 is 0 Å². The lowest BCUT2D eigenvalue weighted by atomic mass is 9.81. The van der Waals surface area contributed by atoms with Crippen molar-refractivity contribution >= 4 is 29.3 Å². The van der Waals surface area contributed by atoms with Crippen LogP contribution in [0.4, 0.5) is 0 Å². The monoisotopic (exact) mass is 430 g/mol. The average molecular weight is 431 g/mol. The number of fused-ring (bicyclic) bond motifs is 1. The van der Waals surface area contributed by atoms with Crippen molar-refractivity contribution in [1.29, 1.82) is 0 Å². The van der Waals surface area contributed by atoms with Crippen molar-refractivity contribution in [2.24, 2.45) is 11.8 Å². The fourth-order valence-corrected chi connectivity index (χ4v) is 4.30. The van der Waals surface area contributed by atoms with Crippen LogP contribution in [0.3, 0.4) is 0 Å². The summed E-state index contributed by atoms with van der Waals surface area (Å²) < 4.78 is 5.24. The lowest BCUT2D eigenvalue weighted by molar-refractivity contribution is -0.140. The van der Waals surface area contributed by atoms with Crippen molar-refractivity contribution in [2.45, 2.75) is 38.6 Å². The van der Waals surface area contributed by atoms with Crippen LogP contribution < -0.4 is 0 Å². The summed E-state index contributed by atoms with van der Waals surface area (Å²) in [5.41, 5.74) is 0.760. The number of amides is 3. The van der Waals surface area contributed by atoms with Crippen LogP contribution in [0.1, 0.15) is 38.0 Å². The molecule has 8 nitrogen and oxygen atoms in total. The zero-order chi connectivity index (χ0) is 21.3. The first kappa shape index (κ1) is 20.5. The van der Waals surface area contributed by atoms with Crippen LogP contribution >= 0.6 is 11.6 Å². The van der Waals surface area contributed by atoms with E-state index in [1.807, 2.05) is 0 Å². The van der Waals surface area contributed by atoms with E-state index in [9.17, 15) is 14.4 Å². The van der Waals surface area contributed by atoms with Gasteiger partial charge in [-0.3, -0.25) is 19.3 Å². The maximum atomic E-state index is 12.5. The van der Waals surface area contributed by atoms with E-state index in [-0.39, 0.29) is 49.1 Å². The highest BCUT2D eigenvalue weighted by atomic mass is 35.5. The van der Waals surface area contributed by atoms with Gasteiger partial charge >= 0.3 is 0 Å². The SMILES string of the molecule is CN(Cc1nc(-c2ccc(Cl)cc2)no1)C(=O)CCN1C(=O)[C@H]2CCCC[C@H]2C1=O. The van der Waals surface area contributed by atoms with Crippen molar-refractivity contribution in [3.05, 3.63) is 35.2 Å². The summed E-state index contributed by atoms with van der Waals surface area (Å²) in [5, 5.41) is 4.55. The highest BCUT2D eigenvalue weighted by molar-refractivity contribution is 6.30. The van der Waals surface area contributed by atoms with Crippen LogP contribution in [0.15, 0.2) is 28.8 Å². The normalized spacial score (nSPS) is 21.1. The van der Waals surface area contributed by atoms with Crippen LogP contribution in [-0.4, -0.2) is 51.3 Å². The molecule has 2 aromatic rings. The molecule has 1 aromatic carbocycles. The summed E-state index contributed by atoms with van der Waals surface area (Å²) in [7, 11) is 1.63. The molecule has 0 radical (unpaired) electrons. The topological polar surface area (TPSA) is 96.6 Å². The molecule has 0 unspecified atom stereocenters. The predicted molar refractivity (Wildman–Crippen MR) is 108 cm³/mol. The third kappa shape index (κ3) is 4.09. The molecule has 1 aliphatic carbocycles. The number of hydrogen-bond donors (Lipinski definition) is 0. The highest BCUT2D eigenvalue weighted by Gasteiger charge is 2.47. The number of rotatable bonds is 6. The number of likely N-dealkylation sites (tertiary alicyclic amines) is 1. The molecule has 0 N–H and O–H groups in total. The van der Waals surface area contributed by atoms with Crippen molar-refractivity contribution < 1.29 is 18.9 Å². The van der Waals surface area contributed by atoms with Crippen LogP contribution in [0.25, 0.3) is 11.4 Å². The molecule has 0 bridgehead atoms. The van der Waals surface area contributed by atoms with Crippen LogP contribution in [0.2, 0.25) is 5.02 Å². The number of aromatic nitrogens is 2. The van der Waals surface area contributed by atoms with E-state index in [0.29, 0.717) is 16.7 Å². The predicted octanol–water partition coefficient (Wildman–Crippen LogP) is 2.91. The Labute approximate surface area is 179 Å². The number of imide groups is 1. The molecule has 2 aliphatic rings. The van der Waals surface area contributed by atoms with Gasteiger partial charge in [0.05, 0.1) is 18.4 Å². The zero-order valence-corrected chi connectivity index (χ0v) is 17.5. The largest absolute Gasteiger partial charge is 0.337 e. The number of benzene rings is 1. The van der Waals surface area contributed by atoms with Gasteiger partial charge in [0.15, 0.2) is 0 Å². The van der Waals surface area contributed by atoms with Gasteiger partial charge < -0.3 is 9.42 Å². The lowest BCUT2D eigenvalue weighted by Gasteiger charge is -2.19. The smallest absolute Gasteiger partial charge is 0.246 e. The third-order valence-electron chi connectivity index (χ3n) is 5.85. The van der Waals surface area contributed by atoms with E-state index in [1.165, 1.54) is 9.80 Å². The fourth-order valence-electron chi connectivity index (χ4n) is 4.18. The summed E-state index contributed by atoms with van der Waals surface area (Å²) in [5.74, 6) is -0.105. The Balaban J connectivity index is 1.32. The molecule has 2 heterocycles. The second-order valence-corrected chi connectivity index (χ2v) is 8.28. The van der Waals surface area contributed by atoms with Gasteiger partial charge in [-0.25, -0.2) is 0 Å². The van der Waals surface area contributed by atoms with Gasteiger partial charge in [-0.2, -0.15) is 4.98 Å². The van der Waals surface area contributed by atoms with Crippen molar-refractivity contribution in [1.82, 2.24) is 19.9 Å². The summed E-state index contributed by atoms with van der Waals surface area (Å²) in [6.07, 6.45) is 3.58. The van der Waals surface area contributed by atoms with Crippen LogP contribution in [-0.2, 0) is 20.9 Å². The van der Waals surface area contributed by atoms with E-state index >= 15 is 0 Å². The second-order valence-electron chi connectivity index (χ2n) is 7.84. The van der Waals surface area contributed by atoms with E-state index in [0.717, 1.165) is 31.2 Å². The summed E-state index contributed by atoms with van der Waals surface area (Å²) in [6.45, 7) is 0.264. The zero-order valence-electron chi connectivity index (χ0n) is 16.7.